The molecule has 1 aliphatic carbocycles. The summed E-state index contributed by atoms with van der Waals surface area (Å²) in [5.74, 6) is -0.235. The third-order valence-electron chi connectivity index (χ3n) is 8.60. The minimum Gasteiger partial charge on any atom is -0.496 e. The zero-order chi connectivity index (χ0) is 29.9. The fourth-order valence-corrected chi connectivity index (χ4v) is 6.60. The Kier molecular flexibility index (Phi) is 8.73. The first-order valence-corrected chi connectivity index (χ1v) is 14.8. The second-order valence-electron chi connectivity index (χ2n) is 11.0. The summed E-state index contributed by atoms with van der Waals surface area (Å²) >= 11 is 6.15. The number of hydrogen-bond donors (Lipinski definition) is 3. The number of methoxy groups -OCH3 is 1. The van der Waals surface area contributed by atoms with E-state index in [1.807, 2.05) is 66.4 Å². The van der Waals surface area contributed by atoms with Crippen LogP contribution < -0.4 is 21.1 Å². The van der Waals surface area contributed by atoms with Crippen LogP contribution in [-0.4, -0.2) is 55.4 Å². The summed E-state index contributed by atoms with van der Waals surface area (Å²) in [5, 5.41) is 6.41. The zero-order valence-electron chi connectivity index (χ0n) is 24.0. The number of nitrogens with two attached hydrogens (primary N) is 1. The second-order valence-corrected chi connectivity index (χ2v) is 11.4. The van der Waals surface area contributed by atoms with E-state index in [9.17, 15) is 14.4 Å². The Bertz CT molecular complexity index is 1470. The van der Waals surface area contributed by atoms with Gasteiger partial charge in [-0.15, -0.1) is 0 Å². The number of anilines is 1. The molecule has 42 heavy (non-hydrogen) atoms. The predicted octanol–water partition coefficient (Wildman–Crippen LogP) is 4.65. The number of nitrogens with zero attached hydrogens (tertiary/aromatic N) is 1. The topological polar surface area (TPSA) is 114 Å². The van der Waals surface area contributed by atoms with Crippen molar-refractivity contribution in [3.05, 3.63) is 94.0 Å². The first-order chi connectivity index (χ1) is 20.3. The number of likely N-dealkylation sites (N-methyl/N-ethyl adjacent to an activating group) is 1. The normalized spacial score (nSPS) is 20.4. The standard InChI is InChI=1S/C33H37ClN4O4/c1-3-36-32(41)33(21-9-5-4-6-10-21)16-13-24(23-11-7-8-12-26(23)33)31(40)38-17-14-22(15-18-38)37-30(39)25-19-27(34)28(35)20-29(25)42-2/h4-12,19-20,22,24H,3,13-18,35H2,1-2H3,(H,36,41)(H,37,39). The molecule has 3 amide bonds. The Morgan fingerprint density at radius 2 is 1.71 bits per heavy atom. The zero-order valence-corrected chi connectivity index (χ0v) is 24.7. The largest absolute Gasteiger partial charge is 0.496 e. The highest BCUT2D eigenvalue weighted by molar-refractivity contribution is 6.33. The first-order valence-electron chi connectivity index (χ1n) is 14.5. The minimum atomic E-state index is -0.853. The number of piperidine rings is 1. The van der Waals surface area contributed by atoms with Gasteiger partial charge in [-0.25, -0.2) is 0 Å². The number of hydrogen-bond acceptors (Lipinski definition) is 5. The molecule has 0 radical (unpaired) electrons. The molecule has 8 nitrogen and oxygen atoms in total. The molecule has 3 aromatic rings. The van der Waals surface area contributed by atoms with Crippen LogP contribution >= 0.6 is 11.6 Å². The number of fused-ring (bicyclic) bond motifs is 1. The average molecular weight is 589 g/mol. The second kappa shape index (κ2) is 12.4. The lowest BCUT2D eigenvalue weighted by molar-refractivity contribution is -0.135. The monoisotopic (exact) mass is 588 g/mol. The molecule has 1 saturated heterocycles. The number of nitrogen functional groups attached to an aromatic ring is 1. The summed E-state index contributed by atoms with van der Waals surface area (Å²) in [5.41, 5.74) is 8.40. The van der Waals surface area contributed by atoms with Crippen LogP contribution in [0.4, 0.5) is 5.69 Å². The van der Waals surface area contributed by atoms with Gasteiger partial charge in [0.25, 0.3) is 5.91 Å². The lowest BCUT2D eigenvalue weighted by Crippen LogP contribution is -2.51. The molecule has 0 bridgehead atoms. The van der Waals surface area contributed by atoms with Crippen LogP contribution in [0.1, 0.15) is 65.6 Å². The lowest BCUT2D eigenvalue weighted by atomic mass is 9.62. The van der Waals surface area contributed by atoms with Gasteiger partial charge in [-0.05, 0) is 55.4 Å². The van der Waals surface area contributed by atoms with E-state index in [-0.39, 0.29) is 34.7 Å². The van der Waals surface area contributed by atoms with Gasteiger partial charge in [0.2, 0.25) is 11.8 Å². The van der Waals surface area contributed by atoms with Crippen LogP contribution in [0.25, 0.3) is 0 Å². The van der Waals surface area contributed by atoms with Gasteiger partial charge >= 0.3 is 0 Å². The maximum absolute atomic E-state index is 14.0. The van der Waals surface area contributed by atoms with Gasteiger partial charge in [-0.3, -0.25) is 14.4 Å². The number of carbonyl (C=O) groups is 3. The van der Waals surface area contributed by atoms with Crippen LogP contribution in [-0.2, 0) is 15.0 Å². The molecule has 3 aromatic carbocycles. The number of halogens is 1. The SMILES string of the molecule is CCNC(=O)C1(c2ccccc2)CCC(C(=O)N2CCC(NC(=O)c3cc(Cl)c(N)cc3OC)CC2)c2ccccc21. The van der Waals surface area contributed by atoms with Crippen molar-refractivity contribution in [3.8, 4) is 5.75 Å². The van der Waals surface area contributed by atoms with E-state index in [2.05, 4.69) is 10.6 Å². The molecule has 2 aliphatic rings. The fraction of sp³-hybridized carbons (Fsp3) is 0.364. The summed E-state index contributed by atoms with van der Waals surface area (Å²) in [6.45, 7) is 3.51. The van der Waals surface area contributed by atoms with E-state index in [4.69, 9.17) is 22.1 Å². The Balaban J connectivity index is 1.32. The van der Waals surface area contributed by atoms with Crippen molar-refractivity contribution in [2.75, 3.05) is 32.5 Å². The quantitative estimate of drug-likeness (QED) is 0.348. The highest BCUT2D eigenvalue weighted by atomic mass is 35.5. The smallest absolute Gasteiger partial charge is 0.255 e. The molecule has 5 rings (SSSR count). The number of ether oxygens (including phenoxy) is 1. The molecular formula is C33H37ClN4O4. The Labute approximate surface area is 251 Å². The average Bonchev–Trinajstić information content (AvgIpc) is 3.02. The summed E-state index contributed by atoms with van der Waals surface area (Å²) in [7, 11) is 1.48. The number of carbonyl (C=O) groups excluding carboxylic acids is 3. The molecule has 220 valence electrons. The van der Waals surface area contributed by atoms with Crippen molar-refractivity contribution in [1.82, 2.24) is 15.5 Å². The van der Waals surface area contributed by atoms with E-state index in [0.717, 1.165) is 16.7 Å². The van der Waals surface area contributed by atoms with Crippen molar-refractivity contribution in [1.29, 1.82) is 0 Å². The van der Waals surface area contributed by atoms with Crippen molar-refractivity contribution in [2.24, 2.45) is 0 Å². The molecular weight excluding hydrogens is 552 g/mol. The molecule has 2 atom stereocenters. The Morgan fingerprint density at radius 1 is 1.02 bits per heavy atom. The van der Waals surface area contributed by atoms with Gasteiger partial charge < -0.3 is 26.0 Å². The molecule has 1 heterocycles. The molecule has 0 spiro atoms. The molecule has 4 N–H and O–H groups in total. The van der Waals surface area contributed by atoms with Crippen LogP contribution in [0, 0.1) is 0 Å². The van der Waals surface area contributed by atoms with Crippen LogP contribution in [0.3, 0.4) is 0 Å². The number of benzene rings is 3. The first kappa shape index (κ1) is 29.5. The fourth-order valence-electron chi connectivity index (χ4n) is 6.44. The van der Waals surface area contributed by atoms with Gasteiger partial charge in [0, 0.05) is 31.7 Å². The Morgan fingerprint density at radius 3 is 2.40 bits per heavy atom. The number of likely N-dealkylation sites (tertiary alicyclic amines) is 1. The number of rotatable bonds is 7. The van der Waals surface area contributed by atoms with Gasteiger partial charge in [0.05, 0.1) is 34.7 Å². The minimum absolute atomic E-state index is 0.0369. The van der Waals surface area contributed by atoms with Crippen molar-refractivity contribution < 1.29 is 19.1 Å². The van der Waals surface area contributed by atoms with Crippen molar-refractivity contribution in [2.45, 2.75) is 50.0 Å². The van der Waals surface area contributed by atoms with E-state index >= 15 is 0 Å². The third-order valence-corrected chi connectivity index (χ3v) is 8.93. The summed E-state index contributed by atoms with van der Waals surface area (Å²) < 4.78 is 5.33. The maximum Gasteiger partial charge on any atom is 0.255 e. The van der Waals surface area contributed by atoms with Gasteiger partial charge in [-0.1, -0.05) is 66.2 Å². The van der Waals surface area contributed by atoms with E-state index in [1.165, 1.54) is 13.2 Å². The highest BCUT2D eigenvalue weighted by Gasteiger charge is 2.48. The number of amides is 3. The third kappa shape index (κ3) is 5.43. The molecule has 1 aliphatic heterocycles. The molecule has 1 fully saturated rings. The highest BCUT2D eigenvalue weighted by Crippen LogP contribution is 2.48. The van der Waals surface area contributed by atoms with Gasteiger partial charge in [0.15, 0.2) is 0 Å². The maximum atomic E-state index is 14.0. The van der Waals surface area contributed by atoms with Crippen LogP contribution in [0.5, 0.6) is 5.75 Å². The van der Waals surface area contributed by atoms with E-state index in [1.54, 1.807) is 6.07 Å². The molecule has 2 unspecified atom stereocenters. The van der Waals surface area contributed by atoms with Crippen molar-refractivity contribution in [3.63, 3.8) is 0 Å². The summed E-state index contributed by atoms with van der Waals surface area (Å²) in [6, 6.07) is 20.7. The lowest BCUT2D eigenvalue weighted by Gasteiger charge is -2.42. The number of nitrogens with one attached hydrogen (secondary N) is 2. The molecule has 0 saturated carbocycles. The molecule has 0 aromatic heterocycles. The van der Waals surface area contributed by atoms with Gasteiger partial charge in [0.1, 0.15) is 5.75 Å². The molecule has 9 heteroatoms. The van der Waals surface area contributed by atoms with Crippen LogP contribution in [0.15, 0.2) is 66.7 Å². The predicted molar refractivity (Wildman–Crippen MR) is 164 cm³/mol. The van der Waals surface area contributed by atoms with Crippen molar-refractivity contribution >= 4 is 35.0 Å². The van der Waals surface area contributed by atoms with Gasteiger partial charge in [-0.2, -0.15) is 0 Å². The Hall–Kier alpha value is -4.04. The summed E-state index contributed by atoms with van der Waals surface area (Å²) in [6.07, 6.45) is 2.36. The van der Waals surface area contributed by atoms with Crippen LogP contribution in [0.2, 0.25) is 5.02 Å². The summed E-state index contributed by atoms with van der Waals surface area (Å²) in [4.78, 5) is 42.6. The van der Waals surface area contributed by atoms with E-state index < -0.39 is 5.41 Å². The van der Waals surface area contributed by atoms with E-state index in [0.29, 0.717) is 62.3 Å².